The maximum absolute atomic E-state index is 6.60. The molecule has 4 heterocycles. The minimum atomic E-state index is -0.0593. The van der Waals surface area contributed by atoms with Crippen LogP contribution >= 0.6 is 0 Å². The molecule has 2 aliphatic heterocycles. The summed E-state index contributed by atoms with van der Waals surface area (Å²) in [5, 5.41) is 4.81. The first-order valence-corrected chi connectivity index (χ1v) is 24.0. The lowest BCUT2D eigenvalue weighted by Crippen LogP contribution is -2.61. The molecular weight excluding hydrogens is 826 g/mol. The molecule has 0 aliphatic carbocycles. The molecule has 0 saturated carbocycles. The Bertz CT molecular complexity index is 3880. The Morgan fingerprint density at radius 3 is 1.81 bits per heavy atom. The molecule has 328 valence electrons. The fourth-order valence-electron chi connectivity index (χ4n) is 12.0. The molecule has 0 saturated heterocycles. The second-order valence-electron chi connectivity index (χ2n) is 20.4. The first-order chi connectivity index (χ1) is 32.9. The van der Waals surface area contributed by atoms with Gasteiger partial charge in [0.1, 0.15) is 11.2 Å². The van der Waals surface area contributed by atoms with E-state index in [1.807, 2.05) is 6.07 Å². The zero-order valence-electron chi connectivity index (χ0n) is 40.0. The van der Waals surface area contributed by atoms with Crippen LogP contribution in [0.25, 0.3) is 60.6 Å². The molecule has 11 aromatic rings. The fraction of sp³-hybridized carbons (Fsp3) is 0.143. The van der Waals surface area contributed by atoms with Gasteiger partial charge in [0.25, 0.3) is 6.71 Å². The summed E-state index contributed by atoms with van der Waals surface area (Å²) >= 11 is 0. The Morgan fingerprint density at radius 2 is 1.07 bits per heavy atom. The molecule has 13 rings (SSSR count). The molecule has 2 aromatic heterocycles. The third kappa shape index (κ3) is 5.81. The first-order valence-electron chi connectivity index (χ1n) is 24.0. The van der Waals surface area contributed by atoms with Gasteiger partial charge in [-0.2, -0.15) is 0 Å². The molecule has 0 amide bonds. The molecule has 5 heteroatoms. The molecule has 4 nitrogen and oxygen atoms in total. The van der Waals surface area contributed by atoms with Crippen LogP contribution in [0.2, 0.25) is 0 Å². The quantitative estimate of drug-likeness (QED) is 0.165. The number of aryl methyl sites for hydroxylation is 5. The third-order valence-electron chi connectivity index (χ3n) is 15.0. The van der Waals surface area contributed by atoms with Gasteiger partial charge in [0, 0.05) is 55.5 Å². The normalized spacial score (nSPS) is 13.2. The van der Waals surface area contributed by atoms with Crippen LogP contribution in [0, 0.1) is 34.6 Å². The van der Waals surface area contributed by atoms with Crippen molar-refractivity contribution in [3.63, 3.8) is 0 Å². The average Bonchev–Trinajstić information content (AvgIpc) is 3.87. The number of rotatable bonds is 4. The van der Waals surface area contributed by atoms with E-state index in [2.05, 4.69) is 234 Å². The van der Waals surface area contributed by atoms with Crippen LogP contribution < -0.4 is 26.2 Å². The number of hydrogen-bond donors (Lipinski definition) is 0. The van der Waals surface area contributed by atoms with Gasteiger partial charge in [0.05, 0.1) is 22.4 Å². The number of benzene rings is 9. The lowest BCUT2D eigenvalue weighted by atomic mass is 9.33. The lowest BCUT2D eigenvalue weighted by molar-refractivity contribution is 0.591. The van der Waals surface area contributed by atoms with Gasteiger partial charge in [-0.25, -0.2) is 0 Å². The zero-order valence-corrected chi connectivity index (χ0v) is 40.0. The first kappa shape index (κ1) is 40.5. The number of fused-ring (bicyclic) bond motifs is 10. The molecular formula is C63H52BN3O. The van der Waals surface area contributed by atoms with Crippen molar-refractivity contribution in [1.82, 2.24) is 4.57 Å². The SMILES string of the molecule is Cc1cc2c3c(c1)N(c1c(C)cccc1C)c1cc4c(cc1B3c1cc(C(C)(C)C)ccc1N2c1c(C)cc(-c2cccc3c2oc2ccccc23)cc1C)c1ccccc1n4-c1ccccc1. The number of furan rings is 1. The Kier molecular flexibility index (Phi) is 8.71. The summed E-state index contributed by atoms with van der Waals surface area (Å²) in [5.74, 6) is 0. The van der Waals surface area contributed by atoms with E-state index in [9.17, 15) is 0 Å². The topological polar surface area (TPSA) is 24.6 Å². The molecule has 0 unspecified atom stereocenters. The van der Waals surface area contributed by atoms with Crippen LogP contribution in [-0.2, 0) is 5.41 Å². The van der Waals surface area contributed by atoms with Gasteiger partial charge in [-0.15, -0.1) is 0 Å². The third-order valence-corrected chi connectivity index (χ3v) is 15.0. The maximum atomic E-state index is 6.60. The van der Waals surface area contributed by atoms with Crippen LogP contribution in [0.3, 0.4) is 0 Å². The van der Waals surface area contributed by atoms with Crippen molar-refractivity contribution in [1.29, 1.82) is 0 Å². The monoisotopic (exact) mass is 877 g/mol. The number of aromatic nitrogens is 1. The van der Waals surface area contributed by atoms with Crippen LogP contribution in [-0.4, -0.2) is 11.3 Å². The predicted molar refractivity (Wildman–Crippen MR) is 290 cm³/mol. The summed E-state index contributed by atoms with van der Waals surface area (Å²) in [7, 11) is 0. The van der Waals surface area contributed by atoms with Crippen molar-refractivity contribution in [2.45, 2.75) is 60.8 Å². The van der Waals surface area contributed by atoms with Crippen molar-refractivity contribution >= 4 is 101 Å². The minimum absolute atomic E-state index is 0.0291. The van der Waals surface area contributed by atoms with E-state index in [1.165, 1.54) is 106 Å². The van der Waals surface area contributed by atoms with E-state index in [0.29, 0.717) is 0 Å². The average molecular weight is 878 g/mol. The number of nitrogens with zero attached hydrogens (tertiary/aromatic N) is 3. The van der Waals surface area contributed by atoms with Gasteiger partial charge in [-0.3, -0.25) is 0 Å². The molecule has 0 radical (unpaired) electrons. The summed E-state index contributed by atoms with van der Waals surface area (Å²) in [6.07, 6.45) is 0. The second-order valence-corrected chi connectivity index (χ2v) is 20.4. The minimum Gasteiger partial charge on any atom is -0.455 e. The van der Waals surface area contributed by atoms with Crippen molar-refractivity contribution in [2.24, 2.45) is 0 Å². The maximum Gasteiger partial charge on any atom is 0.252 e. The smallest absolute Gasteiger partial charge is 0.252 e. The molecule has 0 fully saturated rings. The Morgan fingerprint density at radius 1 is 0.456 bits per heavy atom. The Hall–Kier alpha value is -7.76. The molecule has 0 spiro atoms. The van der Waals surface area contributed by atoms with Crippen LogP contribution in [0.5, 0.6) is 0 Å². The van der Waals surface area contributed by atoms with E-state index in [1.54, 1.807) is 0 Å². The molecule has 0 N–H and O–H groups in total. The van der Waals surface area contributed by atoms with Gasteiger partial charge in [-0.05, 0) is 156 Å². The summed E-state index contributed by atoms with van der Waals surface area (Å²) < 4.78 is 9.06. The van der Waals surface area contributed by atoms with E-state index >= 15 is 0 Å². The molecule has 2 aliphatic rings. The molecule has 9 aromatic carbocycles. The van der Waals surface area contributed by atoms with Gasteiger partial charge in [-0.1, -0.05) is 130 Å². The van der Waals surface area contributed by atoms with Gasteiger partial charge in [0.15, 0.2) is 0 Å². The number of para-hydroxylation sites is 5. The molecule has 68 heavy (non-hydrogen) atoms. The fourth-order valence-corrected chi connectivity index (χ4v) is 12.0. The van der Waals surface area contributed by atoms with Crippen molar-refractivity contribution in [3.8, 4) is 16.8 Å². The highest BCUT2D eigenvalue weighted by Crippen LogP contribution is 2.50. The summed E-state index contributed by atoms with van der Waals surface area (Å²) in [6, 6.07) is 63.5. The second kappa shape index (κ2) is 14.6. The van der Waals surface area contributed by atoms with Crippen LogP contribution in [0.15, 0.2) is 174 Å². The number of anilines is 6. The van der Waals surface area contributed by atoms with E-state index in [0.717, 1.165) is 38.8 Å². The summed E-state index contributed by atoms with van der Waals surface area (Å²) in [6.45, 7) is 18.4. The largest absolute Gasteiger partial charge is 0.455 e. The van der Waals surface area contributed by atoms with Gasteiger partial charge < -0.3 is 18.8 Å². The lowest BCUT2D eigenvalue weighted by Gasteiger charge is -2.46. The standard InChI is InChI=1S/C63H52BN3O/c1-37-30-56-59-57(31-37)67(60-38(2)18-16-19-39(60)3)55-36-54-49(46-22-12-14-26-52(46)65(54)44-20-10-9-11-21-44)35-51(55)64(59)50-34-43(63(6,7)8)28-29-53(50)66(56)61-40(4)32-42(33-41(61)5)45-24-17-25-48-47-23-13-15-27-58(47)68-62(45)48/h9-36H,1-8H3. The molecule has 0 bridgehead atoms. The Labute approximate surface area is 398 Å². The zero-order chi connectivity index (χ0) is 46.3. The van der Waals surface area contributed by atoms with Crippen LogP contribution in [0.4, 0.5) is 34.1 Å². The van der Waals surface area contributed by atoms with Crippen molar-refractivity contribution in [3.05, 3.63) is 203 Å². The highest BCUT2D eigenvalue weighted by atomic mass is 16.3. The summed E-state index contributed by atoms with van der Waals surface area (Å²) in [4.78, 5) is 5.22. The molecule has 0 atom stereocenters. The summed E-state index contributed by atoms with van der Waals surface area (Å²) in [5.41, 5.74) is 26.5. The Balaban J connectivity index is 1.12. The highest BCUT2D eigenvalue weighted by molar-refractivity contribution is 7.00. The van der Waals surface area contributed by atoms with E-state index in [4.69, 9.17) is 4.42 Å². The van der Waals surface area contributed by atoms with Crippen LogP contribution in [0.1, 0.15) is 54.2 Å². The van der Waals surface area contributed by atoms with Gasteiger partial charge in [0.2, 0.25) is 0 Å². The van der Waals surface area contributed by atoms with Crippen molar-refractivity contribution < 1.29 is 4.42 Å². The number of hydrogen-bond acceptors (Lipinski definition) is 3. The van der Waals surface area contributed by atoms with E-state index < -0.39 is 0 Å². The van der Waals surface area contributed by atoms with Crippen molar-refractivity contribution in [2.75, 3.05) is 9.80 Å². The highest BCUT2D eigenvalue weighted by Gasteiger charge is 2.45. The predicted octanol–water partition coefficient (Wildman–Crippen LogP) is 15.3. The van der Waals surface area contributed by atoms with Gasteiger partial charge >= 0.3 is 0 Å². The van der Waals surface area contributed by atoms with E-state index in [-0.39, 0.29) is 12.1 Å².